The van der Waals surface area contributed by atoms with Gasteiger partial charge in [-0.3, -0.25) is 0 Å². The van der Waals surface area contributed by atoms with Crippen LogP contribution in [0.2, 0.25) is 0 Å². The van der Waals surface area contributed by atoms with Gasteiger partial charge < -0.3 is 4.90 Å². The van der Waals surface area contributed by atoms with Gasteiger partial charge in [-0.05, 0) is 30.2 Å². The fraction of sp³-hybridized carbons (Fsp3) is 0.267. The monoisotopic (exact) mass is 252 g/mol. The highest BCUT2D eigenvalue weighted by Crippen LogP contribution is 2.12. The van der Waals surface area contributed by atoms with E-state index in [2.05, 4.69) is 27.9 Å². The van der Waals surface area contributed by atoms with Crippen LogP contribution in [-0.2, 0) is 6.54 Å². The highest BCUT2D eigenvalue weighted by atomic mass is 15.2. The second kappa shape index (κ2) is 6.50. The zero-order chi connectivity index (χ0) is 13.5. The Bertz CT molecular complexity index is 543. The van der Waals surface area contributed by atoms with Crippen LogP contribution in [0.25, 0.3) is 0 Å². The van der Waals surface area contributed by atoms with E-state index in [0.29, 0.717) is 5.56 Å². The normalized spacial score (nSPS) is 9.89. The topological polar surface area (TPSA) is 52.8 Å². The average molecular weight is 252 g/mol. The van der Waals surface area contributed by atoms with Gasteiger partial charge in [0.1, 0.15) is 0 Å². The molecule has 0 aliphatic carbocycles. The molecule has 1 aromatic carbocycles. The average Bonchev–Trinajstić information content (AvgIpc) is 2.48. The van der Waals surface area contributed by atoms with Crippen LogP contribution in [0, 0.1) is 11.3 Å². The molecular formula is C15H16N4. The lowest BCUT2D eigenvalue weighted by Crippen LogP contribution is -2.25. The minimum atomic E-state index is 0.682. The summed E-state index contributed by atoms with van der Waals surface area (Å²) in [5, 5.41) is 8.79. The van der Waals surface area contributed by atoms with Crippen molar-refractivity contribution in [2.24, 2.45) is 0 Å². The minimum absolute atomic E-state index is 0.682. The molecule has 0 spiro atoms. The Morgan fingerprint density at radius 3 is 2.42 bits per heavy atom. The van der Waals surface area contributed by atoms with Crippen molar-refractivity contribution in [1.29, 1.82) is 5.26 Å². The van der Waals surface area contributed by atoms with Crippen molar-refractivity contribution in [3.05, 3.63) is 53.9 Å². The Labute approximate surface area is 113 Å². The summed E-state index contributed by atoms with van der Waals surface area (Å²) in [4.78, 5) is 10.7. The quantitative estimate of drug-likeness (QED) is 0.821. The van der Waals surface area contributed by atoms with Crippen molar-refractivity contribution in [1.82, 2.24) is 9.97 Å². The molecule has 0 N–H and O–H groups in total. The third kappa shape index (κ3) is 3.52. The van der Waals surface area contributed by atoms with E-state index in [1.165, 1.54) is 0 Å². The molecule has 0 unspecified atom stereocenters. The number of hydrogen-bond acceptors (Lipinski definition) is 4. The van der Waals surface area contributed by atoms with Crippen LogP contribution in [0.1, 0.15) is 24.5 Å². The molecule has 4 heteroatoms. The number of benzene rings is 1. The van der Waals surface area contributed by atoms with E-state index >= 15 is 0 Å². The first-order valence-corrected chi connectivity index (χ1v) is 6.34. The van der Waals surface area contributed by atoms with Crippen molar-refractivity contribution in [3.63, 3.8) is 0 Å². The minimum Gasteiger partial charge on any atom is -0.337 e. The Hall–Kier alpha value is -2.41. The number of anilines is 1. The maximum Gasteiger partial charge on any atom is 0.225 e. The predicted octanol–water partition coefficient (Wildman–Crippen LogP) is 2.76. The second-order valence-electron chi connectivity index (χ2n) is 4.28. The molecule has 0 aliphatic heterocycles. The Kier molecular flexibility index (Phi) is 4.46. The lowest BCUT2D eigenvalue weighted by molar-refractivity contribution is 0.739. The zero-order valence-corrected chi connectivity index (χ0v) is 11.0. The van der Waals surface area contributed by atoms with E-state index < -0.39 is 0 Å². The molecule has 2 rings (SSSR count). The van der Waals surface area contributed by atoms with E-state index in [1.807, 2.05) is 30.3 Å². The summed E-state index contributed by atoms with van der Waals surface area (Å²) in [6.45, 7) is 3.79. The summed E-state index contributed by atoms with van der Waals surface area (Å²) in [6.07, 6.45) is 4.54. The first-order valence-electron chi connectivity index (χ1n) is 6.34. The van der Waals surface area contributed by atoms with Gasteiger partial charge in [0.2, 0.25) is 5.95 Å². The van der Waals surface area contributed by atoms with Gasteiger partial charge >= 0.3 is 0 Å². The van der Waals surface area contributed by atoms with Crippen LogP contribution in [0.15, 0.2) is 42.7 Å². The van der Waals surface area contributed by atoms with Gasteiger partial charge in [0.15, 0.2) is 0 Å². The van der Waals surface area contributed by atoms with Crippen molar-refractivity contribution in [3.8, 4) is 6.07 Å². The summed E-state index contributed by atoms with van der Waals surface area (Å²) >= 11 is 0. The maximum absolute atomic E-state index is 8.79. The molecule has 0 atom stereocenters. The number of aromatic nitrogens is 2. The third-order valence-corrected chi connectivity index (χ3v) is 2.78. The molecule has 1 aromatic heterocycles. The Morgan fingerprint density at radius 2 is 1.84 bits per heavy atom. The van der Waals surface area contributed by atoms with Gasteiger partial charge in [0.25, 0.3) is 0 Å². The van der Waals surface area contributed by atoms with E-state index in [4.69, 9.17) is 5.26 Å². The van der Waals surface area contributed by atoms with Crippen LogP contribution in [0.4, 0.5) is 5.95 Å². The van der Waals surface area contributed by atoms with Gasteiger partial charge in [0.05, 0.1) is 11.6 Å². The van der Waals surface area contributed by atoms with Crippen LogP contribution < -0.4 is 4.90 Å². The molecule has 2 aromatic rings. The van der Waals surface area contributed by atoms with Gasteiger partial charge in [-0.2, -0.15) is 5.26 Å². The second-order valence-corrected chi connectivity index (χ2v) is 4.28. The Morgan fingerprint density at radius 1 is 1.16 bits per heavy atom. The maximum atomic E-state index is 8.79. The summed E-state index contributed by atoms with van der Waals surface area (Å²) < 4.78 is 0. The van der Waals surface area contributed by atoms with Gasteiger partial charge in [0, 0.05) is 25.5 Å². The molecule has 0 saturated heterocycles. The molecule has 0 bridgehead atoms. The van der Waals surface area contributed by atoms with Crippen molar-refractivity contribution in [2.75, 3.05) is 11.4 Å². The van der Waals surface area contributed by atoms with E-state index in [1.54, 1.807) is 12.4 Å². The number of nitriles is 1. The molecule has 19 heavy (non-hydrogen) atoms. The van der Waals surface area contributed by atoms with E-state index in [-0.39, 0.29) is 0 Å². The lowest BCUT2D eigenvalue weighted by Gasteiger charge is -2.21. The van der Waals surface area contributed by atoms with Crippen molar-refractivity contribution >= 4 is 5.95 Å². The Balaban J connectivity index is 2.14. The highest BCUT2D eigenvalue weighted by molar-refractivity contribution is 5.35. The molecule has 0 saturated carbocycles. The number of nitrogens with zero attached hydrogens (tertiary/aromatic N) is 4. The molecule has 0 radical (unpaired) electrons. The smallest absolute Gasteiger partial charge is 0.225 e. The predicted molar refractivity (Wildman–Crippen MR) is 74.5 cm³/mol. The number of rotatable bonds is 5. The molecule has 0 fully saturated rings. The van der Waals surface area contributed by atoms with Crippen LogP contribution >= 0.6 is 0 Å². The molecule has 96 valence electrons. The van der Waals surface area contributed by atoms with Gasteiger partial charge in [-0.15, -0.1) is 0 Å². The SMILES string of the molecule is CCCN(Cc1ccc(C#N)cc1)c1ncccn1. The van der Waals surface area contributed by atoms with Crippen LogP contribution in [0.3, 0.4) is 0 Å². The van der Waals surface area contributed by atoms with Crippen LogP contribution in [-0.4, -0.2) is 16.5 Å². The first kappa shape index (κ1) is 13.0. The standard InChI is InChI=1S/C15H16N4/c1-2-10-19(15-17-8-3-9-18-15)12-14-6-4-13(11-16)5-7-14/h3-9H,2,10,12H2,1H3. The summed E-state index contributed by atoms with van der Waals surface area (Å²) in [5.74, 6) is 0.744. The number of hydrogen-bond donors (Lipinski definition) is 0. The third-order valence-electron chi connectivity index (χ3n) is 2.78. The lowest BCUT2D eigenvalue weighted by atomic mass is 10.1. The highest BCUT2D eigenvalue weighted by Gasteiger charge is 2.08. The van der Waals surface area contributed by atoms with Gasteiger partial charge in [-0.25, -0.2) is 9.97 Å². The zero-order valence-electron chi connectivity index (χ0n) is 11.0. The van der Waals surface area contributed by atoms with Crippen LogP contribution in [0.5, 0.6) is 0 Å². The molecule has 0 aliphatic rings. The largest absolute Gasteiger partial charge is 0.337 e. The van der Waals surface area contributed by atoms with E-state index in [9.17, 15) is 0 Å². The van der Waals surface area contributed by atoms with Crippen molar-refractivity contribution < 1.29 is 0 Å². The first-order chi connectivity index (χ1) is 9.33. The summed E-state index contributed by atoms with van der Waals surface area (Å²) in [5.41, 5.74) is 1.83. The van der Waals surface area contributed by atoms with Crippen molar-refractivity contribution in [2.45, 2.75) is 19.9 Å². The summed E-state index contributed by atoms with van der Waals surface area (Å²) in [7, 11) is 0. The molecule has 4 nitrogen and oxygen atoms in total. The van der Waals surface area contributed by atoms with E-state index in [0.717, 1.165) is 31.0 Å². The molecule has 0 amide bonds. The summed E-state index contributed by atoms with van der Waals surface area (Å²) in [6, 6.07) is 11.6. The fourth-order valence-corrected chi connectivity index (χ4v) is 1.88. The fourth-order valence-electron chi connectivity index (χ4n) is 1.88. The molecular weight excluding hydrogens is 236 g/mol. The van der Waals surface area contributed by atoms with Gasteiger partial charge in [-0.1, -0.05) is 19.1 Å². The molecule has 1 heterocycles.